The van der Waals surface area contributed by atoms with E-state index in [1.54, 1.807) is 7.11 Å². The Morgan fingerprint density at radius 2 is 2.47 bits per heavy atom. The van der Waals surface area contributed by atoms with Crippen molar-refractivity contribution < 1.29 is 9.53 Å². The fraction of sp³-hybridized carbons (Fsp3) is 0.750. The lowest BCUT2D eigenvalue weighted by molar-refractivity contribution is 0.0716. The largest absolute Gasteiger partial charge is 0.379 e. The minimum atomic E-state index is -0.308. The number of H-pyrrole nitrogens is 1. The Morgan fingerprint density at radius 3 is 3.13 bits per heavy atom. The molecule has 0 saturated heterocycles. The Balaban J connectivity index is 1.94. The highest BCUT2D eigenvalue weighted by Crippen LogP contribution is 2.21. The van der Waals surface area contributed by atoms with Crippen LogP contribution in [0.25, 0.3) is 0 Å². The molecule has 0 bridgehead atoms. The normalized spacial score (nSPS) is 25.4. The van der Waals surface area contributed by atoms with E-state index in [1.807, 2.05) is 0 Å². The Morgan fingerprint density at radius 1 is 1.60 bits per heavy atom. The zero-order chi connectivity index (χ0) is 10.7. The van der Waals surface area contributed by atoms with E-state index in [4.69, 9.17) is 4.74 Å². The lowest BCUT2D eigenvalue weighted by atomic mass is 10.2. The van der Waals surface area contributed by atoms with Crippen molar-refractivity contribution in [3.63, 3.8) is 0 Å². The minimum Gasteiger partial charge on any atom is -0.379 e. The molecule has 2 N–H and O–H groups in total. The quantitative estimate of drug-likeness (QED) is 0.702. The van der Waals surface area contributed by atoms with Crippen LogP contribution in [-0.2, 0) is 4.74 Å². The molecule has 7 nitrogen and oxygen atoms in total. The number of nitrogens with one attached hydrogen (secondary N) is 2. The Bertz CT molecular complexity index is 326. The second-order valence-corrected chi connectivity index (χ2v) is 3.52. The third kappa shape index (κ3) is 2.12. The topological polar surface area (TPSA) is 92.8 Å². The molecule has 2 unspecified atom stereocenters. The lowest BCUT2D eigenvalue weighted by Gasteiger charge is -2.18. The van der Waals surface area contributed by atoms with Gasteiger partial charge in [0.25, 0.3) is 11.7 Å². The van der Waals surface area contributed by atoms with Crippen LogP contribution in [-0.4, -0.2) is 45.8 Å². The van der Waals surface area contributed by atoms with Gasteiger partial charge in [-0.15, -0.1) is 10.2 Å². The molecule has 2 atom stereocenters. The van der Waals surface area contributed by atoms with Crippen molar-refractivity contribution in [2.45, 2.75) is 31.4 Å². The van der Waals surface area contributed by atoms with Crippen LogP contribution in [0.5, 0.6) is 0 Å². The highest BCUT2D eigenvalue weighted by molar-refractivity contribution is 5.90. The van der Waals surface area contributed by atoms with Crippen LogP contribution in [0.1, 0.15) is 29.9 Å². The number of hydrogen-bond acceptors (Lipinski definition) is 5. The molecule has 1 saturated carbocycles. The standard InChI is InChI=1S/C8H13N5O2/c1-15-6-4-2-3-5(6)9-8(14)7-10-12-13-11-7/h5-6H,2-4H2,1H3,(H,9,14)(H,10,11,12,13). The van der Waals surface area contributed by atoms with Crippen molar-refractivity contribution in [1.82, 2.24) is 25.9 Å². The fourth-order valence-corrected chi connectivity index (χ4v) is 1.86. The van der Waals surface area contributed by atoms with E-state index in [0.29, 0.717) is 0 Å². The van der Waals surface area contributed by atoms with Gasteiger partial charge in [-0.25, -0.2) is 0 Å². The highest BCUT2D eigenvalue weighted by atomic mass is 16.5. The van der Waals surface area contributed by atoms with Gasteiger partial charge >= 0.3 is 0 Å². The van der Waals surface area contributed by atoms with Gasteiger partial charge in [0.2, 0.25) is 0 Å². The molecule has 1 amide bonds. The number of aromatic amines is 1. The maximum absolute atomic E-state index is 11.6. The summed E-state index contributed by atoms with van der Waals surface area (Å²) in [6, 6.07) is 0.0565. The molecule has 1 aliphatic rings. The molecule has 1 heterocycles. The summed E-state index contributed by atoms with van der Waals surface area (Å²) in [6.07, 6.45) is 3.08. The van der Waals surface area contributed by atoms with Crippen molar-refractivity contribution in [2.24, 2.45) is 0 Å². The Labute approximate surface area is 86.6 Å². The van der Waals surface area contributed by atoms with Crippen LogP contribution in [0.4, 0.5) is 0 Å². The zero-order valence-electron chi connectivity index (χ0n) is 8.43. The molecule has 1 fully saturated rings. The highest BCUT2D eigenvalue weighted by Gasteiger charge is 2.29. The van der Waals surface area contributed by atoms with Gasteiger partial charge in [0.1, 0.15) is 0 Å². The third-order valence-corrected chi connectivity index (χ3v) is 2.62. The first-order valence-electron chi connectivity index (χ1n) is 4.88. The van der Waals surface area contributed by atoms with Crippen LogP contribution in [0, 0.1) is 0 Å². The first-order valence-corrected chi connectivity index (χ1v) is 4.88. The maximum Gasteiger partial charge on any atom is 0.293 e. The molecule has 1 aliphatic carbocycles. The number of aromatic nitrogens is 4. The van der Waals surface area contributed by atoms with Crippen molar-refractivity contribution in [3.05, 3.63) is 5.82 Å². The summed E-state index contributed by atoms with van der Waals surface area (Å²) in [6.45, 7) is 0. The second kappa shape index (κ2) is 4.35. The number of carbonyl (C=O) groups is 1. The molecule has 1 aromatic heterocycles. The van der Waals surface area contributed by atoms with E-state index in [9.17, 15) is 4.79 Å². The van der Waals surface area contributed by atoms with Crippen LogP contribution >= 0.6 is 0 Å². The second-order valence-electron chi connectivity index (χ2n) is 3.52. The number of hydrogen-bond donors (Lipinski definition) is 2. The molecule has 82 valence electrons. The monoisotopic (exact) mass is 211 g/mol. The number of ether oxygens (including phenoxy) is 1. The number of methoxy groups -OCH3 is 1. The van der Waals surface area contributed by atoms with Gasteiger partial charge < -0.3 is 10.1 Å². The van der Waals surface area contributed by atoms with Crippen molar-refractivity contribution in [3.8, 4) is 0 Å². The number of amides is 1. The summed E-state index contributed by atoms with van der Waals surface area (Å²) >= 11 is 0. The Kier molecular flexibility index (Phi) is 2.91. The molecule has 0 aliphatic heterocycles. The van der Waals surface area contributed by atoms with Crippen LogP contribution in [0.2, 0.25) is 0 Å². The molecule has 15 heavy (non-hydrogen) atoms. The SMILES string of the molecule is COC1CCCC1NC(=O)c1nn[nH]n1. The van der Waals surface area contributed by atoms with Gasteiger partial charge in [-0.3, -0.25) is 4.79 Å². The van der Waals surface area contributed by atoms with E-state index in [1.165, 1.54) is 0 Å². The first kappa shape index (κ1) is 10.0. The zero-order valence-corrected chi connectivity index (χ0v) is 8.43. The van der Waals surface area contributed by atoms with Gasteiger partial charge in [0, 0.05) is 7.11 Å². The molecule has 7 heteroatoms. The van der Waals surface area contributed by atoms with E-state index < -0.39 is 0 Å². The summed E-state index contributed by atoms with van der Waals surface area (Å²) in [5.74, 6) is -0.241. The predicted octanol–water partition coefficient (Wildman–Crippen LogP) is -0.503. The van der Waals surface area contributed by atoms with Crippen LogP contribution < -0.4 is 5.32 Å². The summed E-state index contributed by atoms with van der Waals surface area (Å²) in [5, 5.41) is 15.6. The molecule has 1 aromatic rings. The summed E-state index contributed by atoms with van der Waals surface area (Å²) in [7, 11) is 1.66. The lowest BCUT2D eigenvalue weighted by Crippen LogP contribution is -2.41. The number of nitrogens with zero attached hydrogens (tertiary/aromatic N) is 3. The van der Waals surface area contributed by atoms with Gasteiger partial charge in [-0.1, -0.05) is 0 Å². The smallest absolute Gasteiger partial charge is 0.293 e. The average molecular weight is 211 g/mol. The van der Waals surface area contributed by atoms with E-state index >= 15 is 0 Å². The van der Waals surface area contributed by atoms with Gasteiger partial charge in [-0.2, -0.15) is 5.21 Å². The Hall–Kier alpha value is -1.50. The van der Waals surface area contributed by atoms with Crippen molar-refractivity contribution >= 4 is 5.91 Å². The van der Waals surface area contributed by atoms with Crippen LogP contribution in [0.3, 0.4) is 0 Å². The fourth-order valence-electron chi connectivity index (χ4n) is 1.86. The van der Waals surface area contributed by atoms with E-state index in [-0.39, 0.29) is 23.9 Å². The van der Waals surface area contributed by atoms with Gasteiger partial charge in [0.05, 0.1) is 12.1 Å². The molecule has 0 aromatic carbocycles. The van der Waals surface area contributed by atoms with Gasteiger partial charge in [-0.05, 0) is 24.5 Å². The van der Waals surface area contributed by atoms with Crippen molar-refractivity contribution in [1.29, 1.82) is 0 Å². The molecule has 2 rings (SSSR count). The predicted molar refractivity (Wildman–Crippen MR) is 50.1 cm³/mol. The molecule has 0 radical (unpaired) electrons. The van der Waals surface area contributed by atoms with Crippen LogP contribution in [0.15, 0.2) is 0 Å². The summed E-state index contributed by atoms with van der Waals surface area (Å²) in [4.78, 5) is 11.6. The number of rotatable bonds is 3. The maximum atomic E-state index is 11.6. The molecular formula is C8H13N5O2. The molecular weight excluding hydrogens is 198 g/mol. The third-order valence-electron chi connectivity index (χ3n) is 2.62. The summed E-state index contributed by atoms with van der Waals surface area (Å²) in [5.41, 5.74) is 0. The van der Waals surface area contributed by atoms with Gasteiger partial charge in [0.15, 0.2) is 0 Å². The summed E-state index contributed by atoms with van der Waals surface area (Å²) < 4.78 is 5.26. The van der Waals surface area contributed by atoms with E-state index in [2.05, 4.69) is 25.9 Å². The average Bonchev–Trinajstić information content (AvgIpc) is 2.87. The molecule has 0 spiro atoms. The van der Waals surface area contributed by atoms with E-state index in [0.717, 1.165) is 19.3 Å². The van der Waals surface area contributed by atoms with Crippen molar-refractivity contribution in [2.75, 3.05) is 7.11 Å². The minimum absolute atomic E-state index is 0.0565. The number of carbonyl (C=O) groups excluding carboxylic acids is 1. The number of tetrazole rings is 1. The first-order chi connectivity index (χ1) is 7.31.